The van der Waals surface area contributed by atoms with E-state index >= 15 is 0 Å². The number of ether oxygens (including phenoxy) is 1. The van der Waals surface area contributed by atoms with Crippen molar-refractivity contribution in [3.63, 3.8) is 0 Å². The summed E-state index contributed by atoms with van der Waals surface area (Å²) in [5, 5.41) is 2.03. The minimum Gasteiger partial charge on any atom is -0.383 e. The van der Waals surface area contributed by atoms with Crippen molar-refractivity contribution >= 4 is 39.0 Å². The van der Waals surface area contributed by atoms with Crippen molar-refractivity contribution in [2.24, 2.45) is 0 Å². The van der Waals surface area contributed by atoms with E-state index in [0.29, 0.717) is 12.5 Å². The second-order valence-corrected chi connectivity index (χ2v) is 4.80. The largest absolute Gasteiger partial charge is 0.383 e. The Bertz CT molecular complexity index is 476. The molecule has 0 fully saturated rings. The summed E-state index contributed by atoms with van der Waals surface area (Å²) in [6, 6.07) is 2.00. The van der Waals surface area contributed by atoms with Gasteiger partial charge in [0.2, 0.25) is 0 Å². The highest BCUT2D eigenvalue weighted by Gasteiger charge is 2.12. The number of alkyl halides is 1. The third-order valence-electron chi connectivity index (χ3n) is 2.44. The van der Waals surface area contributed by atoms with Crippen LogP contribution in [0, 0.1) is 0 Å². The van der Waals surface area contributed by atoms with Crippen molar-refractivity contribution in [2.45, 2.75) is 0 Å². The van der Waals surface area contributed by atoms with E-state index in [4.69, 9.17) is 16.3 Å². The first-order valence-electron chi connectivity index (χ1n) is 5.35. The minimum absolute atomic E-state index is 0.570. The molecule has 2 aromatic heterocycles. The monoisotopic (exact) mass is 271 g/mol. The fourth-order valence-corrected chi connectivity index (χ4v) is 2.69. The molecule has 2 aromatic rings. The van der Waals surface area contributed by atoms with Gasteiger partial charge >= 0.3 is 0 Å². The van der Waals surface area contributed by atoms with Gasteiger partial charge < -0.3 is 9.64 Å². The van der Waals surface area contributed by atoms with Crippen molar-refractivity contribution in [2.75, 3.05) is 37.6 Å². The molecule has 0 amide bonds. The van der Waals surface area contributed by atoms with Gasteiger partial charge in [0.05, 0.1) is 16.8 Å². The summed E-state index contributed by atoms with van der Waals surface area (Å²) in [7, 11) is 1.69. The molecule has 0 saturated carbocycles. The zero-order valence-electron chi connectivity index (χ0n) is 9.60. The number of methoxy groups -OCH3 is 1. The maximum absolute atomic E-state index is 5.83. The molecule has 0 spiro atoms. The Balaban J connectivity index is 2.30. The van der Waals surface area contributed by atoms with Gasteiger partial charge in [-0.05, 0) is 11.4 Å². The van der Waals surface area contributed by atoms with Gasteiger partial charge in [0, 0.05) is 26.1 Å². The first kappa shape index (κ1) is 12.5. The van der Waals surface area contributed by atoms with Crippen LogP contribution in [0.5, 0.6) is 0 Å². The summed E-state index contributed by atoms with van der Waals surface area (Å²) >= 11 is 7.48. The molecule has 0 bridgehead atoms. The molecule has 92 valence electrons. The van der Waals surface area contributed by atoms with Crippen molar-refractivity contribution in [3.05, 3.63) is 17.8 Å². The maximum Gasteiger partial charge on any atom is 0.150 e. The first-order valence-corrected chi connectivity index (χ1v) is 6.76. The summed E-state index contributed by atoms with van der Waals surface area (Å²) in [5.41, 5.74) is 0.983. The normalized spacial score (nSPS) is 10.9. The van der Waals surface area contributed by atoms with E-state index in [2.05, 4.69) is 14.9 Å². The minimum atomic E-state index is 0.570. The summed E-state index contributed by atoms with van der Waals surface area (Å²) < 4.78 is 6.21. The lowest BCUT2D eigenvalue weighted by Crippen LogP contribution is -2.30. The Hall–Kier alpha value is -0.910. The SMILES string of the molecule is COCCN(CCCl)c1ncnc2ccsc12. The lowest BCUT2D eigenvalue weighted by molar-refractivity contribution is 0.205. The highest BCUT2D eigenvalue weighted by Crippen LogP contribution is 2.27. The van der Waals surface area contributed by atoms with Gasteiger partial charge in [-0.3, -0.25) is 0 Å². The van der Waals surface area contributed by atoms with Crippen LogP contribution in [0.25, 0.3) is 10.2 Å². The predicted octanol–water partition coefficient (Wildman–Crippen LogP) is 2.38. The third kappa shape index (κ3) is 2.86. The van der Waals surface area contributed by atoms with Crippen LogP contribution >= 0.6 is 22.9 Å². The molecule has 0 saturated heterocycles. The zero-order valence-corrected chi connectivity index (χ0v) is 11.2. The number of aromatic nitrogens is 2. The van der Waals surface area contributed by atoms with Crippen LogP contribution in [-0.2, 0) is 4.74 Å². The van der Waals surface area contributed by atoms with Crippen LogP contribution in [0.2, 0.25) is 0 Å². The highest BCUT2D eigenvalue weighted by atomic mass is 35.5. The van der Waals surface area contributed by atoms with Crippen LogP contribution in [0.1, 0.15) is 0 Å². The molecule has 0 aliphatic rings. The Morgan fingerprint density at radius 3 is 3.06 bits per heavy atom. The van der Waals surface area contributed by atoms with E-state index in [-0.39, 0.29) is 0 Å². The van der Waals surface area contributed by atoms with Gasteiger partial charge in [-0.2, -0.15) is 0 Å². The van der Waals surface area contributed by atoms with Crippen LogP contribution in [0.3, 0.4) is 0 Å². The topological polar surface area (TPSA) is 38.2 Å². The third-order valence-corrected chi connectivity index (χ3v) is 3.51. The molecule has 0 atom stereocenters. The first-order chi connectivity index (χ1) is 8.36. The number of thiophene rings is 1. The molecule has 0 N–H and O–H groups in total. The summed E-state index contributed by atoms with van der Waals surface area (Å²) in [6.07, 6.45) is 1.60. The van der Waals surface area contributed by atoms with Gasteiger partial charge in [-0.15, -0.1) is 22.9 Å². The molecule has 0 aliphatic heterocycles. The second-order valence-electron chi connectivity index (χ2n) is 3.50. The summed E-state index contributed by atoms with van der Waals surface area (Å²) in [6.45, 7) is 2.20. The van der Waals surface area contributed by atoms with Crippen molar-refractivity contribution < 1.29 is 4.74 Å². The number of hydrogen-bond donors (Lipinski definition) is 0. The quantitative estimate of drug-likeness (QED) is 0.756. The Morgan fingerprint density at radius 1 is 1.41 bits per heavy atom. The molecule has 2 heterocycles. The molecule has 0 radical (unpaired) electrons. The highest BCUT2D eigenvalue weighted by molar-refractivity contribution is 7.17. The average molecular weight is 272 g/mol. The number of hydrogen-bond acceptors (Lipinski definition) is 5. The number of fused-ring (bicyclic) bond motifs is 1. The number of anilines is 1. The molecule has 2 rings (SSSR count). The molecular weight excluding hydrogens is 258 g/mol. The van der Waals surface area contributed by atoms with Gasteiger partial charge in [0.1, 0.15) is 12.1 Å². The molecule has 0 aliphatic carbocycles. The maximum atomic E-state index is 5.83. The van der Waals surface area contributed by atoms with Gasteiger partial charge in [-0.1, -0.05) is 0 Å². The van der Waals surface area contributed by atoms with Gasteiger partial charge in [0.25, 0.3) is 0 Å². The average Bonchev–Trinajstić information content (AvgIpc) is 2.82. The smallest absolute Gasteiger partial charge is 0.150 e. The van der Waals surface area contributed by atoms with Gasteiger partial charge in [-0.25, -0.2) is 9.97 Å². The van der Waals surface area contributed by atoms with Gasteiger partial charge in [0.15, 0.2) is 0 Å². The molecule has 6 heteroatoms. The zero-order chi connectivity index (χ0) is 12.1. The second kappa shape index (κ2) is 6.14. The standard InChI is InChI=1S/C11H14ClN3OS/c1-16-6-5-15(4-3-12)11-10-9(2-7-17-10)13-8-14-11/h2,7-8H,3-6H2,1H3. The van der Waals surface area contributed by atoms with E-state index in [1.54, 1.807) is 24.8 Å². The molecule has 0 unspecified atom stereocenters. The molecular formula is C11H14ClN3OS. The van der Waals surface area contributed by atoms with E-state index in [0.717, 1.165) is 29.1 Å². The number of nitrogens with zero attached hydrogens (tertiary/aromatic N) is 3. The Morgan fingerprint density at radius 2 is 2.29 bits per heavy atom. The number of halogens is 1. The van der Waals surface area contributed by atoms with E-state index in [9.17, 15) is 0 Å². The van der Waals surface area contributed by atoms with Crippen molar-refractivity contribution in [1.29, 1.82) is 0 Å². The molecule has 4 nitrogen and oxygen atoms in total. The fourth-order valence-electron chi connectivity index (χ4n) is 1.63. The molecule has 0 aromatic carbocycles. The Labute approximate surface area is 109 Å². The molecule has 17 heavy (non-hydrogen) atoms. The Kier molecular flexibility index (Phi) is 4.53. The predicted molar refractivity (Wildman–Crippen MR) is 72.2 cm³/mol. The van der Waals surface area contributed by atoms with Crippen LogP contribution in [-0.4, -0.2) is 42.7 Å². The van der Waals surface area contributed by atoms with Crippen LogP contribution in [0.4, 0.5) is 5.82 Å². The van der Waals surface area contributed by atoms with E-state index in [1.807, 2.05) is 11.4 Å². The van der Waals surface area contributed by atoms with Crippen molar-refractivity contribution in [1.82, 2.24) is 9.97 Å². The lowest BCUT2D eigenvalue weighted by atomic mass is 10.4. The lowest BCUT2D eigenvalue weighted by Gasteiger charge is -2.22. The number of rotatable bonds is 6. The van der Waals surface area contributed by atoms with Crippen LogP contribution < -0.4 is 4.90 Å². The van der Waals surface area contributed by atoms with E-state index < -0.39 is 0 Å². The summed E-state index contributed by atoms with van der Waals surface area (Å²) in [4.78, 5) is 10.7. The summed E-state index contributed by atoms with van der Waals surface area (Å²) in [5.74, 6) is 1.52. The van der Waals surface area contributed by atoms with Crippen LogP contribution in [0.15, 0.2) is 17.8 Å². The fraction of sp³-hybridized carbons (Fsp3) is 0.455. The van der Waals surface area contributed by atoms with E-state index in [1.165, 1.54) is 0 Å². The van der Waals surface area contributed by atoms with Crippen molar-refractivity contribution in [3.8, 4) is 0 Å².